The number of carbonyl (C=O) groups is 2. The summed E-state index contributed by atoms with van der Waals surface area (Å²) in [5.41, 5.74) is 1.19. The number of nitrogens with zero attached hydrogens (tertiary/aromatic N) is 3. The molecule has 0 saturated carbocycles. The molecular formula is C23H37N3O8. The van der Waals surface area contributed by atoms with Crippen LogP contribution in [-0.2, 0) is 16.1 Å². The van der Waals surface area contributed by atoms with Gasteiger partial charge in [0.25, 0.3) is 0 Å². The highest BCUT2D eigenvalue weighted by molar-refractivity contribution is 6.27. The SMILES string of the molecule is COc1cc(CN2CCC(N3CCN(CCO)CC3)CC2)cc(OC)c1OC.O=C(O)C(=O)O. The fourth-order valence-electron chi connectivity index (χ4n) is 4.42. The molecule has 2 aliphatic heterocycles. The largest absolute Gasteiger partial charge is 0.493 e. The van der Waals surface area contributed by atoms with E-state index in [1.54, 1.807) is 21.3 Å². The van der Waals surface area contributed by atoms with E-state index in [1.165, 1.54) is 18.4 Å². The Balaban J connectivity index is 0.000000604. The number of carboxylic acid groups (broad SMARTS) is 2. The number of aliphatic hydroxyl groups is 1. The molecule has 2 saturated heterocycles. The minimum Gasteiger partial charge on any atom is -0.493 e. The summed E-state index contributed by atoms with van der Waals surface area (Å²) in [5, 5.41) is 23.9. The van der Waals surface area contributed by atoms with Gasteiger partial charge in [0, 0.05) is 45.3 Å². The Morgan fingerprint density at radius 2 is 1.38 bits per heavy atom. The molecule has 192 valence electrons. The Morgan fingerprint density at radius 3 is 1.79 bits per heavy atom. The van der Waals surface area contributed by atoms with Crippen molar-refractivity contribution in [2.45, 2.75) is 25.4 Å². The topological polar surface area (TPSA) is 132 Å². The zero-order chi connectivity index (χ0) is 25.1. The van der Waals surface area contributed by atoms with Crippen molar-refractivity contribution in [3.8, 4) is 17.2 Å². The second-order valence-corrected chi connectivity index (χ2v) is 8.25. The van der Waals surface area contributed by atoms with Crippen LogP contribution in [0.15, 0.2) is 12.1 Å². The van der Waals surface area contributed by atoms with E-state index in [-0.39, 0.29) is 6.61 Å². The van der Waals surface area contributed by atoms with Crippen LogP contribution in [0.3, 0.4) is 0 Å². The van der Waals surface area contributed by atoms with Gasteiger partial charge in [-0.1, -0.05) is 0 Å². The summed E-state index contributed by atoms with van der Waals surface area (Å²) in [6, 6.07) is 4.79. The average molecular weight is 484 g/mol. The van der Waals surface area contributed by atoms with Crippen LogP contribution in [0.2, 0.25) is 0 Å². The lowest BCUT2D eigenvalue weighted by molar-refractivity contribution is -0.159. The van der Waals surface area contributed by atoms with E-state index in [9.17, 15) is 0 Å². The fourth-order valence-corrected chi connectivity index (χ4v) is 4.42. The molecule has 1 aromatic rings. The molecule has 3 rings (SSSR count). The summed E-state index contributed by atoms with van der Waals surface area (Å²) in [6.45, 7) is 8.58. The molecule has 0 radical (unpaired) electrons. The fraction of sp³-hybridized carbons (Fsp3) is 0.652. The third-order valence-corrected chi connectivity index (χ3v) is 6.21. The lowest BCUT2D eigenvalue weighted by Crippen LogP contribution is -2.53. The van der Waals surface area contributed by atoms with Crippen molar-refractivity contribution in [1.82, 2.24) is 14.7 Å². The summed E-state index contributed by atoms with van der Waals surface area (Å²) in [7, 11) is 4.95. The van der Waals surface area contributed by atoms with Gasteiger partial charge in [0.15, 0.2) is 11.5 Å². The summed E-state index contributed by atoms with van der Waals surface area (Å²) < 4.78 is 16.4. The van der Waals surface area contributed by atoms with Gasteiger partial charge in [-0.3, -0.25) is 14.7 Å². The van der Waals surface area contributed by atoms with Crippen LogP contribution in [-0.4, -0.2) is 122 Å². The zero-order valence-corrected chi connectivity index (χ0v) is 20.2. The predicted octanol–water partition coefficient (Wildman–Crippen LogP) is 0.442. The molecule has 0 aromatic heterocycles. The van der Waals surface area contributed by atoms with Gasteiger partial charge in [-0.2, -0.15) is 0 Å². The number of ether oxygens (including phenoxy) is 3. The maximum absolute atomic E-state index is 9.10. The minimum absolute atomic E-state index is 0.263. The third kappa shape index (κ3) is 8.01. The van der Waals surface area contributed by atoms with Gasteiger partial charge in [-0.25, -0.2) is 9.59 Å². The predicted molar refractivity (Wildman–Crippen MR) is 125 cm³/mol. The first-order valence-electron chi connectivity index (χ1n) is 11.4. The summed E-state index contributed by atoms with van der Waals surface area (Å²) in [6.07, 6.45) is 2.43. The lowest BCUT2D eigenvalue weighted by atomic mass is 10.0. The maximum atomic E-state index is 9.10. The molecule has 0 aliphatic carbocycles. The van der Waals surface area contributed by atoms with Crippen molar-refractivity contribution in [2.24, 2.45) is 0 Å². The summed E-state index contributed by atoms with van der Waals surface area (Å²) in [4.78, 5) is 25.7. The number of carboxylic acids is 2. The maximum Gasteiger partial charge on any atom is 0.414 e. The minimum atomic E-state index is -1.82. The number of likely N-dealkylation sites (tertiary alicyclic amines) is 1. The van der Waals surface area contributed by atoms with Crippen molar-refractivity contribution in [3.63, 3.8) is 0 Å². The van der Waals surface area contributed by atoms with E-state index in [0.29, 0.717) is 23.3 Å². The quantitative estimate of drug-likeness (QED) is 0.445. The van der Waals surface area contributed by atoms with Crippen LogP contribution in [0.1, 0.15) is 18.4 Å². The van der Waals surface area contributed by atoms with Gasteiger partial charge in [0.2, 0.25) is 5.75 Å². The van der Waals surface area contributed by atoms with Crippen LogP contribution in [0.5, 0.6) is 17.2 Å². The van der Waals surface area contributed by atoms with Gasteiger partial charge >= 0.3 is 11.9 Å². The second-order valence-electron chi connectivity index (χ2n) is 8.25. The van der Waals surface area contributed by atoms with Crippen LogP contribution in [0, 0.1) is 0 Å². The van der Waals surface area contributed by atoms with E-state index in [1.807, 2.05) is 12.1 Å². The molecule has 1 aromatic carbocycles. The number of β-amino-alcohol motifs (C(OH)–C–C–N with tert-alkyl or cyclic N) is 1. The number of aliphatic carboxylic acids is 2. The molecule has 0 unspecified atom stereocenters. The molecule has 34 heavy (non-hydrogen) atoms. The highest BCUT2D eigenvalue weighted by Crippen LogP contribution is 2.38. The first-order chi connectivity index (χ1) is 16.3. The van der Waals surface area contributed by atoms with Gasteiger partial charge in [-0.15, -0.1) is 0 Å². The Labute approximate surface area is 200 Å². The molecule has 0 amide bonds. The molecule has 2 heterocycles. The molecule has 0 bridgehead atoms. The van der Waals surface area contributed by atoms with E-state index >= 15 is 0 Å². The Bertz CT molecular complexity index is 753. The molecule has 11 heteroatoms. The molecule has 0 atom stereocenters. The molecular weight excluding hydrogens is 446 g/mol. The first-order valence-corrected chi connectivity index (χ1v) is 11.4. The molecule has 2 aliphatic rings. The smallest absolute Gasteiger partial charge is 0.414 e. The monoisotopic (exact) mass is 483 g/mol. The summed E-state index contributed by atoms with van der Waals surface area (Å²) >= 11 is 0. The van der Waals surface area contributed by atoms with E-state index < -0.39 is 11.9 Å². The van der Waals surface area contributed by atoms with Crippen LogP contribution in [0.25, 0.3) is 0 Å². The number of piperidine rings is 1. The van der Waals surface area contributed by atoms with Gasteiger partial charge in [0.05, 0.1) is 27.9 Å². The van der Waals surface area contributed by atoms with Gasteiger partial charge < -0.3 is 29.5 Å². The Kier molecular flexibility index (Phi) is 11.3. The highest BCUT2D eigenvalue weighted by Gasteiger charge is 2.27. The van der Waals surface area contributed by atoms with Crippen LogP contribution >= 0.6 is 0 Å². The number of hydrogen-bond donors (Lipinski definition) is 3. The van der Waals surface area contributed by atoms with E-state index in [4.69, 9.17) is 39.1 Å². The Hall–Kier alpha value is -2.60. The van der Waals surface area contributed by atoms with Crippen LogP contribution < -0.4 is 14.2 Å². The number of hydrogen-bond acceptors (Lipinski definition) is 9. The number of aliphatic hydroxyl groups excluding tert-OH is 1. The molecule has 11 nitrogen and oxygen atoms in total. The Morgan fingerprint density at radius 1 is 0.853 bits per heavy atom. The van der Waals surface area contributed by atoms with E-state index in [0.717, 1.165) is 52.4 Å². The molecule has 3 N–H and O–H groups in total. The lowest BCUT2D eigenvalue weighted by Gasteiger charge is -2.42. The van der Waals surface area contributed by atoms with Crippen molar-refractivity contribution < 1.29 is 39.1 Å². The van der Waals surface area contributed by atoms with Gasteiger partial charge in [0.1, 0.15) is 0 Å². The first kappa shape index (κ1) is 27.6. The number of piperazine rings is 1. The summed E-state index contributed by atoms with van der Waals surface area (Å²) in [5.74, 6) is -1.57. The van der Waals surface area contributed by atoms with E-state index in [2.05, 4.69) is 14.7 Å². The number of benzene rings is 1. The normalized spacial score (nSPS) is 18.0. The third-order valence-electron chi connectivity index (χ3n) is 6.21. The van der Waals surface area contributed by atoms with Crippen molar-refractivity contribution in [3.05, 3.63) is 17.7 Å². The van der Waals surface area contributed by atoms with Crippen LogP contribution in [0.4, 0.5) is 0 Å². The number of rotatable bonds is 8. The molecule has 2 fully saturated rings. The average Bonchev–Trinajstić information content (AvgIpc) is 2.85. The zero-order valence-electron chi connectivity index (χ0n) is 20.2. The van der Waals surface area contributed by atoms with Crippen molar-refractivity contribution >= 4 is 11.9 Å². The standard InChI is InChI=1S/C21H35N3O4.C2H2O4/c1-26-19-14-17(15-20(27-2)21(19)28-3)16-23-6-4-18(5-7-23)24-10-8-22(9-11-24)12-13-25;3-1(4)2(5)6/h14-15,18,25H,4-13,16H2,1-3H3;(H,3,4)(H,5,6). The second kappa shape index (κ2) is 14.0. The van der Waals surface area contributed by atoms with Gasteiger partial charge in [-0.05, 0) is 43.6 Å². The van der Waals surface area contributed by atoms with Crippen molar-refractivity contribution in [1.29, 1.82) is 0 Å². The molecule has 0 spiro atoms. The highest BCUT2D eigenvalue weighted by atomic mass is 16.5. The number of methoxy groups -OCH3 is 3. The van der Waals surface area contributed by atoms with Crippen molar-refractivity contribution in [2.75, 3.05) is 73.7 Å².